The SMILES string of the molecule is Cc1ccc(C2=CCN(Cc3ccn[nH]3)CC2)cc1. The lowest BCUT2D eigenvalue weighted by molar-refractivity contribution is 0.290. The third kappa shape index (κ3) is 2.93. The van der Waals surface area contributed by atoms with Crippen LogP contribution in [0.25, 0.3) is 5.57 Å². The average molecular weight is 253 g/mol. The zero-order valence-electron chi connectivity index (χ0n) is 11.3. The van der Waals surface area contributed by atoms with Gasteiger partial charge in [-0.25, -0.2) is 0 Å². The summed E-state index contributed by atoms with van der Waals surface area (Å²) in [4.78, 5) is 2.44. The lowest BCUT2D eigenvalue weighted by atomic mass is 9.98. The molecule has 0 saturated heterocycles. The highest BCUT2D eigenvalue weighted by Crippen LogP contribution is 2.23. The van der Waals surface area contributed by atoms with E-state index >= 15 is 0 Å². The zero-order chi connectivity index (χ0) is 13.1. The van der Waals surface area contributed by atoms with E-state index in [1.165, 1.54) is 22.4 Å². The third-order valence-electron chi connectivity index (χ3n) is 3.67. The van der Waals surface area contributed by atoms with Crippen LogP contribution in [0.2, 0.25) is 0 Å². The van der Waals surface area contributed by atoms with Gasteiger partial charge in [-0.05, 0) is 30.5 Å². The van der Waals surface area contributed by atoms with Crippen molar-refractivity contribution in [1.29, 1.82) is 0 Å². The Morgan fingerprint density at radius 1 is 1.21 bits per heavy atom. The first kappa shape index (κ1) is 12.2. The molecule has 1 aromatic heterocycles. The van der Waals surface area contributed by atoms with E-state index in [1.807, 2.05) is 12.3 Å². The minimum atomic E-state index is 0.956. The highest BCUT2D eigenvalue weighted by Gasteiger charge is 2.13. The number of rotatable bonds is 3. The Balaban J connectivity index is 1.65. The number of aromatic amines is 1. The molecule has 1 aromatic carbocycles. The van der Waals surface area contributed by atoms with Gasteiger partial charge in [-0.15, -0.1) is 0 Å². The molecule has 0 spiro atoms. The molecule has 0 amide bonds. The van der Waals surface area contributed by atoms with Gasteiger partial charge < -0.3 is 0 Å². The van der Waals surface area contributed by atoms with Crippen LogP contribution in [0.3, 0.4) is 0 Å². The van der Waals surface area contributed by atoms with Crippen molar-refractivity contribution in [3.63, 3.8) is 0 Å². The summed E-state index contributed by atoms with van der Waals surface area (Å²) < 4.78 is 0. The van der Waals surface area contributed by atoms with Crippen molar-refractivity contribution >= 4 is 5.57 Å². The maximum absolute atomic E-state index is 3.99. The van der Waals surface area contributed by atoms with E-state index in [2.05, 4.69) is 52.4 Å². The summed E-state index contributed by atoms with van der Waals surface area (Å²) in [6.07, 6.45) is 5.29. The van der Waals surface area contributed by atoms with Crippen LogP contribution in [0.15, 0.2) is 42.6 Å². The van der Waals surface area contributed by atoms with Gasteiger partial charge in [-0.3, -0.25) is 10.00 Å². The number of H-pyrrole nitrogens is 1. The molecule has 3 heteroatoms. The first-order valence-corrected chi connectivity index (χ1v) is 6.78. The highest BCUT2D eigenvalue weighted by atomic mass is 15.2. The van der Waals surface area contributed by atoms with Crippen molar-refractivity contribution in [3.8, 4) is 0 Å². The second-order valence-electron chi connectivity index (χ2n) is 5.16. The number of aromatic nitrogens is 2. The smallest absolute Gasteiger partial charge is 0.0492 e. The molecule has 0 bridgehead atoms. The summed E-state index contributed by atoms with van der Waals surface area (Å²) in [7, 11) is 0. The molecular weight excluding hydrogens is 234 g/mol. The summed E-state index contributed by atoms with van der Waals surface area (Å²) >= 11 is 0. The van der Waals surface area contributed by atoms with Gasteiger partial charge in [0, 0.05) is 31.5 Å². The topological polar surface area (TPSA) is 31.9 Å². The van der Waals surface area contributed by atoms with E-state index in [0.29, 0.717) is 0 Å². The summed E-state index contributed by atoms with van der Waals surface area (Å²) in [5.74, 6) is 0. The molecule has 1 N–H and O–H groups in total. The fraction of sp³-hybridized carbons (Fsp3) is 0.312. The van der Waals surface area contributed by atoms with Gasteiger partial charge in [0.25, 0.3) is 0 Å². The molecule has 2 heterocycles. The molecule has 0 unspecified atom stereocenters. The van der Waals surface area contributed by atoms with Crippen LogP contribution in [0.4, 0.5) is 0 Å². The van der Waals surface area contributed by atoms with E-state index in [-0.39, 0.29) is 0 Å². The van der Waals surface area contributed by atoms with E-state index in [9.17, 15) is 0 Å². The first-order chi connectivity index (χ1) is 9.31. The van der Waals surface area contributed by atoms with Gasteiger partial charge in [0.05, 0.1) is 0 Å². The highest BCUT2D eigenvalue weighted by molar-refractivity contribution is 5.66. The maximum atomic E-state index is 3.99. The Labute approximate surface area is 114 Å². The van der Waals surface area contributed by atoms with Crippen LogP contribution >= 0.6 is 0 Å². The van der Waals surface area contributed by atoms with Gasteiger partial charge in [0.2, 0.25) is 0 Å². The Hall–Kier alpha value is -1.87. The predicted molar refractivity (Wildman–Crippen MR) is 77.6 cm³/mol. The summed E-state index contributed by atoms with van der Waals surface area (Å²) in [6.45, 7) is 5.21. The number of nitrogens with one attached hydrogen (secondary N) is 1. The predicted octanol–water partition coefficient (Wildman–Crippen LogP) is 3.01. The fourth-order valence-corrected chi connectivity index (χ4v) is 2.50. The van der Waals surface area contributed by atoms with E-state index in [0.717, 1.165) is 26.1 Å². The normalized spacial score (nSPS) is 16.4. The molecule has 1 aliphatic heterocycles. The Bertz CT molecular complexity index is 552. The van der Waals surface area contributed by atoms with Gasteiger partial charge >= 0.3 is 0 Å². The summed E-state index contributed by atoms with van der Waals surface area (Å²) in [6, 6.07) is 10.9. The summed E-state index contributed by atoms with van der Waals surface area (Å²) in [5, 5.41) is 7.01. The number of hydrogen-bond donors (Lipinski definition) is 1. The quantitative estimate of drug-likeness (QED) is 0.912. The molecule has 0 radical (unpaired) electrons. The standard InChI is InChI=1S/C16H19N3/c1-13-2-4-14(5-3-13)15-7-10-19(11-8-15)12-16-6-9-17-18-16/h2-7,9H,8,10-12H2,1H3,(H,17,18). The minimum Gasteiger partial charge on any atom is -0.294 e. The largest absolute Gasteiger partial charge is 0.294 e. The molecule has 3 nitrogen and oxygen atoms in total. The van der Waals surface area contributed by atoms with Crippen molar-refractivity contribution in [2.75, 3.05) is 13.1 Å². The maximum Gasteiger partial charge on any atom is 0.0492 e. The molecular formula is C16H19N3. The molecule has 2 aromatic rings. The summed E-state index contributed by atoms with van der Waals surface area (Å²) in [5.41, 5.74) is 5.35. The van der Waals surface area contributed by atoms with Crippen molar-refractivity contribution in [1.82, 2.24) is 15.1 Å². The van der Waals surface area contributed by atoms with Crippen molar-refractivity contribution in [2.45, 2.75) is 19.9 Å². The van der Waals surface area contributed by atoms with Crippen LogP contribution in [0.5, 0.6) is 0 Å². The van der Waals surface area contributed by atoms with Crippen LogP contribution in [0, 0.1) is 6.92 Å². The number of aryl methyl sites for hydroxylation is 1. The number of benzene rings is 1. The zero-order valence-corrected chi connectivity index (χ0v) is 11.3. The lowest BCUT2D eigenvalue weighted by Gasteiger charge is -2.25. The first-order valence-electron chi connectivity index (χ1n) is 6.78. The lowest BCUT2D eigenvalue weighted by Crippen LogP contribution is -2.28. The number of hydrogen-bond acceptors (Lipinski definition) is 2. The second kappa shape index (κ2) is 5.41. The van der Waals surface area contributed by atoms with Crippen LogP contribution in [-0.2, 0) is 6.54 Å². The van der Waals surface area contributed by atoms with Crippen LogP contribution in [-0.4, -0.2) is 28.2 Å². The second-order valence-corrected chi connectivity index (χ2v) is 5.16. The van der Waals surface area contributed by atoms with Crippen molar-refractivity contribution in [2.24, 2.45) is 0 Å². The number of nitrogens with zero attached hydrogens (tertiary/aromatic N) is 2. The Morgan fingerprint density at radius 2 is 2.05 bits per heavy atom. The van der Waals surface area contributed by atoms with Gasteiger partial charge in [0.1, 0.15) is 0 Å². The Kier molecular flexibility index (Phi) is 3.47. The van der Waals surface area contributed by atoms with Crippen molar-refractivity contribution in [3.05, 3.63) is 59.4 Å². The van der Waals surface area contributed by atoms with Crippen molar-refractivity contribution < 1.29 is 0 Å². The van der Waals surface area contributed by atoms with E-state index in [4.69, 9.17) is 0 Å². The third-order valence-corrected chi connectivity index (χ3v) is 3.67. The van der Waals surface area contributed by atoms with Crippen LogP contribution < -0.4 is 0 Å². The molecule has 0 fully saturated rings. The van der Waals surface area contributed by atoms with Gasteiger partial charge in [-0.2, -0.15) is 5.10 Å². The monoisotopic (exact) mass is 253 g/mol. The molecule has 0 atom stereocenters. The molecule has 0 aliphatic carbocycles. The molecule has 98 valence electrons. The average Bonchev–Trinajstić information content (AvgIpc) is 2.94. The molecule has 3 rings (SSSR count). The Morgan fingerprint density at radius 3 is 2.68 bits per heavy atom. The molecule has 0 saturated carbocycles. The van der Waals surface area contributed by atoms with Crippen LogP contribution in [0.1, 0.15) is 23.2 Å². The fourth-order valence-electron chi connectivity index (χ4n) is 2.50. The van der Waals surface area contributed by atoms with Gasteiger partial charge in [0.15, 0.2) is 0 Å². The van der Waals surface area contributed by atoms with E-state index in [1.54, 1.807) is 0 Å². The molecule has 19 heavy (non-hydrogen) atoms. The van der Waals surface area contributed by atoms with E-state index < -0.39 is 0 Å². The minimum absolute atomic E-state index is 0.956. The van der Waals surface area contributed by atoms with Gasteiger partial charge in [-0.1, -0.05) is 35.9 Å². The molecule has 1 aliphatic rings.